The first-order chi connectivity index (χ1) is 13.1. The molecule has 0 saturated carbocycles. The van der Waals surface area contributed by atoms with E-state index in [1.165, 1.54) is 9.80 Å². The van der Waals surface area contributed by atoms with Crippen molar-refractivity contribution in [2.75, 3.05) is 19.6 Å². The van der Waals surface area contributed by atoms with Gasteiger partial charge in [-0.2, -0.15) is 13.2 Å². The Morgan fingerprint density at radius 2 is 1.82 bits per heavy atom. The van der Waals surface area contributed by atoms with E-state index < -0.39 is 29.7 Å². The number of benzene rings is 1. The molecule has 2 fully saturated rings. The van der Waals surface area contributed by atoms with Crippen LogP contribution in [0.15, 0.2) is 24.3 Å². The van der Waals surface area contributed by atoms with E-state index >= 15 is 0 Å². The molecule has 2 aliphatic heterocycles. The molecule has 3 amide bonds. The molecule has 0 bridgehead atoms. The Hall–Kier alpha value is -2.58. The highest BCUT2D eigenvalue weighted by molar-refractivity contribution is 5.99. The number of hydrogen-bond acceptors (Lipinski definition) is 3. The molecular formula is C19H22F3N3O3. The Kier molecular flexibility index (Phi) is 5.36. The first-order valence-electron chi connectivity index (χ1n) is 9.15. The second-order valence-electron chi connectivity index (χ2n) is 7.56. The van der Waals surface area contributed by atoms with Crippen LogP contribution in [0.1, 0.15) is 36.2 Å². The molecule has 9 heteroatoms. The molecule has 0 spiro atoms. The van der Waals surface area contributed by atoms with Crippen molar-refractivity contribution in [3.05, 3.63) is 35.4 Å². The SMILES string of the molecule is CC(C)C[C@@H]1NC(=O)[C@H]2CN(C(=O)c3ccc(C(F)(F)F)cc3)CCN2C1=O. The van der Waals surface area contributed by atoms with Gasteiger partial charge in [0.05, 0.1) is 12.1 Å². The maximum absolute atomic E-state index is 12.7. The predicted molar refractivity (Wildman–Crippen MR) is 94.2 cm³/mol. The van der Waals surface area contributed by atoms with Gasteiger partial charge in [-0.05, 0) is 36.6 Å². The van der Waals surface area contributed by atoms with E-state index in [0.717, 1.165) is 24.3 Å². The number of fused-ring (bicyclic) bond motifs is 1. The number of nitrogens with zero attached hydrogens (tertiary/aromatic N) is 2. The monoisotopic (exact) mass is 397 g/mol. The first-order valence-corrected chi connectivity index (χ1v) is 9.15. The molecule has 1 aromatic carbocycles. The second-order valence-corrected chi connectivity index (χ2v) is 7.56. The van der Waals surface area contributed by atoms with E-state index in [4.69, 9.17) is 0 Å². The van der Waals surface area contributed by atoms with Crippen LogP contribution in [0.5, 0.6) is 0 Å². The average molecular weight is 397 g/mol. The molecule has 3 rings (SSSR count). The summed E-state index contributed by atoms with van der Waals surface area (Å²) < 4.78 is 38.0. The fraction of sp³-hybridized carbons (Fsp3) is 0.526. The van der Waals surface area contributed by atoms with Crippen molar-refractivity contribution >= 4 is 17.7 Å². The molecule has 1 N–H and O–H groups in total. The summed E-state index contributed by atoms with van der Waals surface area (Å²) in [7, 11) is 0. The van der Waals surface area contributed by atoms with Gasteiger partial charge in [-0.3, -0.25) is 14.4 Å². The molecule has 0 radical (unpaired) electrons. The van der Waals surface area contributed by atoms with Gasteiger partial charge in [0.15, 0.2) is 0 Å². The Bertz CT molecular complexity index is 777. The molecule has 2 heterocycles. The maximum Gasteiger partial charge on any atom is 0.416 e. The third-order valence-corrected chi connectivity index (χ3v) is 5.03. The van der Waals surface area contributed by atoms with Crippen LogP contribution < -0.4 is 5.32 Å². The Labute approximate surface area is 160 Å². The van der Waals surface area contributed by atoms with Crippen LogP contribution in [-0.4, -0.2) is 59.2 Å². The van der Waals surface area contributed by atoms with Crippen molar-refractivity contribution in [2.45, 2.75) is 38.5 Å². The van der Waals surface area contributed by atoms with Crippen molar-refractivity contribution in [3.8, 4) is 0 Å². The number of nitrogens with one attached hydrogen (secondary N) is 1. The number of alkyl halides is 3. The lowest BCUT2D eigenvalue weighted by molar-refractivity contribution is -0.152. The summed E-state index contributed by atoms with van der Waals surface area (Å²) in [6.45, 7) is 4.39. The minimum atomic E-state index is -4.47. The summed E-state index contributed by atoms with van der Waals surface area (Å²) in [5, 5.41) is 2.73. The Morgan fingerprint density at radius 1 is 1.18 bits per heavy atom. The summed E-state index contributed by atoms with van der Waals surface area (Å²) in [5.41, 5.74) is -0.719. The van der Waals surface area contributed by atoms with Crippen LogP contribution in [0.3, 0.4) is 0 Å². The smallest absolute Gasteiger partial charge is 0.342 e. The van der Waals surface area contributed by atoms with Gasteiger partial charge in [0.25, 0.3) is 5.91 Å². The lowest BCUT2D eigenvalue weighted by Crippen LogP contribution is -2.69. The van der Waals surface area contributed by atoms with Gasteiger partial charge in [-0.15, -0.1) is 0 Å². The topological polar surface area (TPSA) is 69.7 Å². The molecule has 2 saturated heterocycles. The Morgan fingerprint density at radius 3 is 2.39 bits per heavy atom. The van der Waals surface area contributed by atoms with Crippen LogP contribution in [0, 0.1) is 5.92 Å². The number of piperazine rings is 2. The van der Waals surface area contributed by atoms with Gasteiger partial charge in [0, 0.05) is 18.7 Å². The molecule has 0 aromatic heterocycles. The number of rotatable bonds is 3. The number of carbonyl (C=O) groups is 3. The minimum Gasteiger partial charge on any atom is -0.342 e. The molecule has 0 aliphatic carbocycles. The molecule has 6 nitrogen and oxygen atoms in total. The van der Waals surface area contributed by atoms with Crippen LogP contribution in [0.25, 0.3) is 0 Å². The van der Waals surface area contributed by atoms with Gasteiger partial charge in [-0.1, -0.05) is 13.8 Å². The lowest BCUT2D eigenvalue weighted by atomic mass is 9.97. The number of carbonyl (C=O) groups excluding carboxylic acids is 3. The highest BCUT2D eigenvalue weighted by Crippen LogP contribution is 2.29. The van der Waals surface area contributed by atoms with Crippen LogP contribution in [0.2, 0.25) is 0 Å². The second kappa shape index (κ2) is 7.44. The van der Waals surface area contributed by atoms with Crippen molar-refractivity contribution in [2.24, 2.45) is 5.92 Å². The quantitative estimate of drug-likeness (QED) is 0.847. The van der Waals surface area contributed by atoms with Crippen molar-refractivity contribution in [1.29, 1.82) is 0 Å². The maximum atomic E-state index is 12.7. The van der Waals surface area contributed by atoms with Gasteiger partial charge >= 0.3 is 6.18 Å². The molecule has 2 aliphatic rings. The van der Waals surface area contributed by atoms with E-state index in [2.05, 4.69) is 5.32 Å². The summed E-state index contributed by atoms with van der Waals surface area (Å²) in [5.74, 6) is -0.679. The number of amides is 3. The molecule has 1 aromatic rings. The number of hydrogen-bond donors (Lipinski definition) is 1. The highest BCUT2D eigenvalue weighted by Gasteiger charge is 2.44. The summed E-state index contributed by atoms with van der Waals surface area (Å²) in [4.78, 5) is 40.6. The summed E-state index contributed by atoms with van der Waals surface area (Å²) >= 11 is 0. The summed E-state index contributed by atoms with van der Waals surface area (Å²) in [6, 6.07) is 2.64. The van der Waals surface area contributed by atoms with Gasteiger partial charge in [-0.25, -0.2) is 0 Å². The van der Waals surface area contributed by atoms with Crippen LogP contribution in [-0.2, 0) is 15.8 Å². The zero-order chi connectivity index (χ0) is 20.6. The largest absolute Gasteiger partial charge is 0.416 e. The lowest BCUT2D eigenvalue weighted by Gasteiger charge is -2.45. The first kappa shape index (κ1) is 20.2. The van der Waals surface area contributed by atoms with Crippen molar-refractivity contribution in [1.82, 2.24) is 15.1 Å². The average Bonchev–Trinajstić information content (AvgIpc) is 2.64. The standard InChI is InChI=1S/C19H22F3N3O3/c1-11(2)9-14-18(28)25-8-7-24(10-15(25)16(26)23-14)17(27)12-3-5-13(6-4-12)19(20,21)22/h3-6,11,14-15H,7-10H2,1-2H3,(H,23,26)/t14-,15+/m0/s1. The molecule has 152 valence electrons. The third-order valence-electron chi connectivity index (χ3n) is 5.03. The van der Waals surface area contributed by atoms with E-state index in [1.54, 1.807) is 0 Å². The van der Waals surface area contributed by atoms with Crippen LogP contribution >= 0.6 is 0 Å². The van der Waals surface area contributed by atoms with E-state index in [-0.39, 0.29) is 42.9 Å². The number of halogens is 3. The summed E-state index contributed by atoms with van der Waals surface area (Å²) in [6.07, 6.45) is -3.93. The van der Waals surface area contributed by atoms with Gasteiger partial charge in [0.2, 0.25) is 11.8 Å². The van der Waals surface area contributed by atoms with E-state index in [0.29, 0.717) is 6.42 Å². The molecule has 28 heavy (non-hydrogen) atoms. The van der Waals surface area contributed by atoms with Gasteiger partial charge in [0.1, 0.15) is 12.1 Å². The zero-order valence-electron chi connectivity index (χ0n) is 15.6. The fourth-order valence-electron chi connectivity index (χ4n) is 3.60. The zero-order valence-corrected chi connectivity index (χ0v) is 15.6. The fourth-order valence-corrected chi connectivity index (χ4v) is 3.60. The highest BCUT2D eigenvalue weighted by atomic mass is 19.4. The van der Waals surface area contributed by atoms with Crippen molar-refractivity contribution < 1.29 is 27.6 Å². The van der Waals surface area contributed by atoms with E-state index in [1.807, 2.05) is 13.8 Å². The normalized spacial score (nSPS) is 22.9. The molecular weight excluding hydrogens is 375 g/mol. The Balaban J connectivity index is 1.70. The molecule has 2 atom stereocenters. The third kappa shape index (κ3) is 3.98. The predicted octanol–water partition coefficient (Wildman–Crippen LogP) is 1.90. The molecule has 0 unspecified atom stereocenters. The minimum absolute atomic E-state index is 0.0197. The van der Waals surface area contributed by atoms with Crippen molar-refractivity contribution in [3.63, 3.8) is 0 Å². The van der Waals surface area contributed by atoms with Gasteiger partial charge < -0.3 is 15.1 Å². The van der Waals surface area contributed by atoms with E-state index in [9.17, 15) is 27.6 Å². The van der Waals surface area contributed by atoms with Crippen LogP contribution in [0.4, 0.5) is 13.2 Å².